The van der Waals surface area contributed by atoms with Gasteiger partial charge in [-0.15, -0.1) is 0 Å². The molecule has 0 N–H and O–H groups in total. The van der Waals surface area contributed by atoms with E-state index in [1.165, 1.54) is 0 Å². The Bertz CT molecular complexity index is 514. The number of ether oxygens (including phenoxy) is 1. The van der Waals surface area contributed by atoms with Crippen molar-refractivity contribution in [1.82, 2.24) is 4.98 Å². The Kier molecular flexibility index (Phi) is 3.32. The van der Waals surface area contributed by atoms with Gasteiger partial charge in [0.05, 0.1) is 17.2 Å². The number of benzene rings is 1. The summed E-state index contributed by atoms with van der Waals surface area (Å²) in [6.45, 7) is 0. The lowest BCUT2D eigenvalue weighted by atomic mass is 10.1. The molecule has 16 heavy (non-hydrogen) atoms. The lowest BCUT2D eigenvalue weighted by Crippen LogP contribution is -1.90. The highest BCUT2D eigenvalue weighted by Gasteiger charge is 2.08. The van der Waals surface area contributed by atoms with Gasteiger partial charge in [-0.05, 0) is 24.3 Å². The molecule has 0 aliphatic heterocycles. The molecule has 2 aromatic rings. The van der Waals surface area contributed by atoms with E-state index >= 15 is 0 Å². The van der Waals surface area contributed by atoms with Gasteiger partial charge in [0.25, 0.3) is 0 Å². The molecule has 0 fully saturated rings. The minimum Gasteiger partial charge on any atom is -0.494 e. The molecule has 0 aliphatic carbocycles. The van der Waals surface area contributed by atoms with E-state index < -0.39 is 0 Å². The number of rotatable bonds is 2. The number of pyridine rings is 1. The normalized spacial score (nSPS) is 10.2. The second-order valence-electron chi connectivity index (χ2n) is 3.18. The molecule has 82 valence electrons. The molecule has 0 saturated carbocycles. The lowest BCUT2D eigenvalue weighted by Gasteiger charge is -2.07. The van der Waals surface area contributed by atoms with E-state index in [2.05, 4.69) is 4.98 Å². The average molecular weight is 254 g/mol. The molecule has 1 aromatic heterocycles. The van der Waals surface area contributed by atoms with Crippen LogP contribution < -0.4 is 4.74 Å². The van der Waals surface area contributed by atoms with E-state index in [1.807, 2.05) is 18.2 Å². The van der Waals surface area contributed by atoms with E-state index in [0.717, 1.165) is 11.3 Å². The van der Waals surface area contributed by atoms with E-state index in [1.54, 1.807) is 25.4 Å². The summed E-state index contributed by atoms with van der Waals surface area (Å²) in [4.78, 5) is 4.26. The van der Waals surface area contributed by atoms with Crippen molar-refractivity contribution < 1.29 is 4.74 Å². The zero-order chi connectivity index (χ0) is 11.5. The van der Waals surface area contributed by atoms with E-state index in [-0.39, 0.29) is 0 Å². The van der Waals surface area contributed by atoms with Crippen molar-refractivity contribution in [2.45, 2.75) is 0 Å². The van der Waals surface area contributed by atoms with Gasteiger partial charge in [-0.2, -0.15) is 0 Å². The second-order valence-corrected chi connectivity index (χ2v) is 4.00. The lowest BCUT2D eigenvalue weighted by molar-refractivity contribution is 0.415. The van der Waals surface area contributed by atoms with Gasteiger partial charge in [0, 0.05) is 11.8 Å². The summed E-state index contributed by atoms with van der Waals surface area (Å²) in [5.41, 5.74) is 1.63. The first-order valence-electron chi connectivity index (χ1n) is 4.67. The number of hydrogen-bond acceptors (Lipinski definition) is 2. The fourth-order valence-corrected chi connectivity index (χ4v) is 1.71. The molecule has 2 rings (SSSR count). The number of aromatic nitrogens is 1. The SMILES string of the molecule is COc1cccnc1-c1ccc(Cl)c(Cl)c1. The molecule has 0 bridgehead atoms. The van der Waals surface area contributed by atoms with E-state index in [0.29, 0.717) is 15.8 Å². The van der Waals surface area contributed by atoms with Crippen LogP contribution in [0.1, 0.15) is 0 Å². The maximum absolute atomic E-state index is 5.96. The Balaban J connectivity index is 2.54. The third-order valence-electron chi connectivity index (χ3n) is 2.18. The van der Waals surface area contributed by atoms with Gasteiger partial charge in [0.15, 0.2) is 0 Å². The molecule has 0 unspecified atom stereocenters. The maximum atomic E-state index is 5.96. The highest BCUT2D eigenvalue weighted by atomic mass is 35.5. The van der Waals surface area contributed by atoms with Gasteiger partial charge in [0.2, 0.25) is 0 Å². The summed E-state index contributed by atoms with van der Waals surface area (Å²) in [5.74, 6) is 0.709. The van der Waals surface area contributed by atoms with Gasteiger partial charge in [0.1, 0.15) is 11.4 Å². The highest BCUT2D eigenvalue weighted by Crippen LogP contribution is 2.31. The second kappa shape index (κ2) is 4.73. The predicted octanol–water partition coefficient (Wildman–Crippen LogP) is 4.06. The molecule has 0 aliphatic rings. The summed E-state index contributed by atoms with van der Waals surface area (Å²) in [6.07, 6.45) is 1.71. The van der Waals surface area contributed by atoms with Gasteiger partial charge in [-0.3, -0.25) is 4.98 Å². The monoisotopic (exact) mass is 253 g/mol. The summed E-state index contributed by atoms with van der Waals surface area (Å²) >= 11 is 11.8. The Morgan fingerprint density at radius 3 is 2.62 bits per heavy atom. The molecule has 1 aromatic carbocycles. The Hall–Kier alpha value is -1.25. The molecule has 0 amide bonds. The van der Waals surface area contributed by atoms with Crippen LogP contribution in [0.15, 0.2) is 36.5 Å². The van der Waals surface area contributed by atoms with Crippen LogP contribution in [0, 0.1) is 0 Å². The summed E-state index contributed by atoms with van der Waals surface area (Å²) in [5, 5.41) is 1.03. The van der Waals surface area contributed by atoms with Crippen LogP contribution in [0.5, 0.6) is 5.75 Å². The first-order valence-corrected chi connectivity index (χ1v) is 5.42. The summed E-state index contributed by atoms with van der Waals surface area (Å²) in [6, 6.07) is 9.05. The third kappa shape index (κ3) is 2.13. The van der Waals surface area contributed by atoms with E-state index in [4.69, 9.17) is 27.9 Å². The van der Waals surface area contributed by atoms with Crippen LogP contribution in [-0.4, -0.2) is 12.1 Å². The fraction of sp³-hybridized carbons (Fsp3) is 0.0833. The molecular weight excluding hydrogens is 245 g/mol. The number of hydrogen-bond donors (Lipinski definition) is 0. The number of nitrogens with zero attached hydrogens (tertiary/aromatic N) is 1. The van der Waals surface area contributed by atoms with Crippen molar-refractivity contribution in [3.05, 3.63) is 46.6 Å². The van der Waals surface area contributed by atoms with Crippen LogP contribution in [0.4, 0.5) is 0 Å². The van der Waals surface area contributed by atoms with Crippen molar-refractivity contribution >= 4 is 23.2 Å². The Labute approximate surface area is 104 Å². The van der Waals surface area contributed by atoms with Crippen LogP contribution in [0.3, 0.4) is 0 Å². The summed E-state index contributed by atoms with van der Waals surface area (Å²) in [7, 11) is 1.61. The van der Waals surface area contributed by atoms with Crippen LogP contribution in [0.2, 0.25) is 10.0 Å². The van der Waals surface area contributed by atoms with Crippen molar-refractivity contribution in [1.29, 1.82) is 0 Å². The zero-order valence-corrected chi connectivity index (χ0v) is 10.1. The van der Waals surface area contributed by atoms with E-state index in [9.17, 15) is 0 Å². The molecule has 1 heterocycles. The molecule has 0 atom stereocenters. The van der Waals surface area contributed by atoms with Crippen molar-refractivity contribution in [3.63, 3.8) is 0 Å². The van der Waals surface area contributed by atoms with Gasteiger partial charge in [-0.25, -0.2) is 0 Å². The molecule has 0 radical (unpaired) electrons. The Morgan fingerprint density at radius 2 is 1.94 bits per heavy atom. The van der Waals surface area contributed by atoms with Crippen molar-refractivity contribution in [2.24, 2.45) is 0 Å². The average Bonchev–Trinajstić information content (AvgIpc) is 2.32. The minimum atomic E-state index is 0.506. The van der Waals surface area contributed by atoms with Gasteiger partial charge < -0.3 is 4.74 Å². The van der Waals surface area contributed by atoms with Crippen molar-refractivity contribution in [3.8, 4) is 17.0 Å². The summed E-state index contributed by atoms with van der Waals surface area (Å²) < 4.78 is 5.23. The van der Waals surface area contributed by atoms with Crippen LogP contribution >= 0.6 is 23.2 Å². The van der Waals surface area contributed by atoms with Crippen LogP contribution in [-0.2, 0) is 0 Å². The molecule has 0 spiro atoms. The molecule has 4 heteroatoms. The molecule has 0 saturated heterocycles. The smallest absolute Gasteiger partial charge is 0.145 e. The largest absolute Gasteiger partial charge is 0.494 e. The third-order valence-corrected chi connectivity index (χ3v) is 2.92. The molecule has 2 nitrogen and oxygen atoms in total. The minimum absolute atomic E-state index is 0.506. The fourth-order valence-electron chi connectivity index (χ4n) is 1.42. The van der Waals surface area contributed by atoms with Gasteiger partial charge >= 0.3 is 0 Å². The van der Waals surface area contributed by atoms with Crippen molar-refractivity contribution in [2.75, 3.05) is 7.11 Å². The van der Waals surface area contributed by atoms with Crippen LogP contribution in [0.25, 0.3) is 11.3 Å². The first-order chi connectivity index (χ1) is 7.72. The Morgan fingerprint density at radius 1 is 1.12 bits per heavy atom. The number of halogens is 2. The highest BCUT2D eigenvalue weighted by molar-refractivity contribution is 6.42. The first kappa shape index (κ1) is 11.2. The quantitative estimate of drug-likeness (QED) is 0.806. The topological polar surface area (TPSA) is 22.1 Å². The predicted molar refractivity (Wildman–Crippen MR) is 66.2 cm³/mol. The number of methoxy groups -OCH3 is 1. The van der Waals surface area contributed by atoms with Gasteiger partial charge in [-0.1, -0.05) is 29.3 Å². The standard InChI is InChI=1S/C12H9Cl2NO/c1-16-11-3-2-6-15-12(11)8-4-5-9(13)10(14)7-8/h2-7H,1H3. The maximum Gasteiger partial charge on any atom is 0.145 e. The zero-order valence-electron chi connectivity index (χ0n) is 8.58. The molecular formula is C12H9Cl2NO.